The van der Waals surface area contributed by atoms with Crippen LogP contribution in [0.1, 0.15) is 36.1 Å². The van der Waals surface area contributed by atoms with Gasteiger partial charge in [-0.05, 0) is 48.2 Å². The minimum atomic E-state index is -0.509. The van der Waals surface area contributed by atoms with E-state index in [2.05, 4.69) is 46.8 Å². The number of carbonyl (C=O) groups is 1. The number of hydrogen-bond donors (Lipinski definition) is 3. The summed E-state index contributed by atoms with van der Waals surface area (Å²) in [7, 11) is 0. The van der Waals surface area contributed by atoms with E-state index in [1.54, 1.807) is 18.5 Å². The molecule has 0 aliphatic carbocycles. The van der Waals surface area contributed by atoms with Gasteiger partial charge in [0, 0.05) is 43.6 Å². The van der Waals surface area contributed by atoms with Gasteiger partial charge < -0.3 is 16.4 Å². The van der Waals surface area contributed by atoms with Crippen molar-refractivity contribution < 1.29 is 13.6 Å². The van der Waals surface area contributed by atoms with Crippen LogP contribution in [-0.2, 0) is 24.2 Å². The fourth-order valence-electron chi connectivity index (χ4n) is 3.50. The number of carbonyl (C=O) groups excluding carboxylic acids is 1. The average Bonchev–Trinajstić information content (AvgIpc) is 3.52. The first kappa shape index (κ1) is 27.1. The molecule has 0 spiro atoms. The first-order chi connectivity index (χ1) is 16.4. The number of primary amides is 1. The van der Waals surface area contributed by atoms with Crippen molar-refractivity contribution in [3.05, 3.63) is 101 Å². The maximum Gasteiger partial charge on any atom is 0.221 e. The SMILES string of the molecule is CC.Cc1cccc(CNCC2NC2Cc2cc(F)cc(F)c2)c1.NC(=O)Cc1cccnc1. The third kappa shape index (κ3) is 10.2. The Kier molecular flexibility index (Phi) is 11.3. The van der Waals surface area contributed by atoms with Gasteiger partial charge in [-0.15, -0.1) is 0 Å². The first-order valence-electron chi connectivity index (χ1n) is 11.5. The molecule has 1 aliphatic heterocycles. The monoisotopic (exact) mass is 468 g/mol. The van der Waals surface area contributed by atoms with E-state index < -0.39 is 11.6 Å². The molecule has 3 aromatic rings. The van der Waals surface area contributed by atoms with E-state index in [0.717, 1.165) is 24.7 Å². The van der Waals surface area contributed by atoms with Gasteiger partial charge in [-0.25, -0.2) is 8.78 Å². The summed E-state index contributed by atoms with van der Waals surface area (Å²) < 4.78 is 26.3. The second kappa shape index (κ2) is 14.2. The maximum atomic E-state index is 13.1. The number of nitrogens with one attached hydrogen (secondary N) is 2. The number of amides is 1. The Morgan fingerprint density at radius 2 is 1.71 bits per heavy atom. The molecule has 7 heteroatoms. The number of nitrogens with two attached hydrogens (primary N) is 1. The highest BCUT2D eigenvalue weighted by Gasteiger charge is 2.35. The van der Waals surface area contributed by atoms with Crippen LogP contribution in [0, 0.1) is 18.6 Å². The van der Waals surface area contributed by atoms with Crippen molar-refractivity contribution in [3.63, 3.8) is 0 Å². The van der Waals surface area contributed by atoms with E-state index in [4.69, 9.17) is 5.73 Å². The number of hydrogen-bond acceptors (Lipinski definition) is 4. The molecule has 1 fully saturated rings. The van der Waals surface area contributed by atoms with Gasteiger partial charge in [-0.3, -0.25) is 9.78 Å². The molecule has 4 N–H and O–H groups in total. The lowest BCUT2D eigenvalue weighted by Crippen LogP contribution is -2.21. The fraction of sp³-hybridized carbons (Fsp3) is 0.333. The van der Waals surface area contributed by atoms with Gasteiger partial charge in [-0.1, -0.05) is 49.7 Å². The lowest BCUT2D eigenvalue weighted by molar-refractivity contribution is -0.117. The van der Waals surface area contributed by atoms with Gasteiger partial charge >= 0.3 is 0 Å². The van der Waals surface area contributed by atoms with Crippen LogP contribution >= 0.6 is 0 Å². The lowest BCUT2D eigenvalue weighted by Gasteiger charge is -2.05. The van der Waals surface area contributed by atoms with Crippen molar-refractivity contribution in [3.8, 4) is 0 Å². The standard InChI is InChI=1S/C18H20F2N2.C7H8N2O.C2H6/c1-12-3-2-4-13(5-12)10-21-11-18-17(22-18)8-14-6-15(19)9-16(20)7-14;8-7(10)4-6-2-1-3-9-5-6;1-2/h2-7,9,17-18,21-22H,8,10-11H2,1H3;1-3,5H,4H2,(H2,8,10);1-2H3. The summed E-state index contributed by atoms with van der Waals surface area (Å²) >= 11 is 0. The summed E-state index contributed by atoms with van der Waals surface area (Å²) in [4.78, 5) is 14.2. The Morgan fingerprint density at radius 1 is 1.00 bits per heavy atom. The second-order valence-electron chi connectivity index (χ2n) is 7.99. The quantitative estimate of drug-likeness (QED) is 0.435. The maximum absolute atomic E-state index is 13.1. The highest BCUT2D eigenvalue weighted by molar-refractivity contribution is 5.76. The zero-order chi connectivity index (χ0) is 24.9. The molecule has 0 bridgehead atoms. The van der Waals surface area contributed by atoms with Crippen molar-refractivity contribution in [2.45, 2.75) is 52.2 Å². The topological polar surface area (TPSA) is 90.0 Å². The van der Waals surface area contributed by atoms with Crippen molar-refractivity contribution in [1.29, 1.82) is 0 Å². The zero-order valence-corrected chi connectivity index (χ0v) is 20.0. The number of rotatable bonds is 8. The highest BCUT2D eigenvalue weighted by atomic mass is 19.1. The fourth-order valence-corrected chi connectivity index (χ4v) is 3.50. The molecule has 2 heterocycles. The Morgan fingerprint density at radius 3 is 2.32 bits per heavy atom. The minimum absolute atomic E-state index is 0.272. The van der Waals surface area contributed by atoms with Crippen LogP contribution < -0.4 is 16.4 Å². The summed E-state index contributed by atoms with van der Waals surface area (Å²) in [6.45, 7) is 7.78. The van der Waals surface area contributed by atoms with E-state index >= 15 is 0 Å². The van der Waals surface area contributed by atoms with Gasteiger partial charge in [0.2, 0.25) is 5.91 Å². The minimum Gasteiger partial charge on any atom is -0.369 e. The van der Waals surface area contributed by atoms with Gasteiger partial charge in [-0.2, -0.15) is 0 Å². The summed E-state index contributed by atoms with van der Waals surface area (Å²) in [6, 6.07) is 16.4. The summed E-state index contributed by atoms with van der Waals surface area (Å²) in [5, 5.41) is 6.77. The number of pyridine rings is 1. The van der Waals surface area contributed by atoms with Gasteiger partial charge in [0.1, 0.15) is 11.6 Å². The highest BCUT2D eigenvalue weighted by Crippen LogP contribution is 2.18. The van der Waals surface area contributed by atoms with Crippen molar-refractivity contribution in [1.82, 2.24) is 15.6 Å². The van der Waals surface area contributed by atoms with Crippen LogP contribution in [0.3, 0.4) is 0 Å². The van der Waals surface area contributed by atoms with Gasteiger partial charge in [0.25, 0.3) is 0 Å². The predicted octanol–water partition coefficient (Wildman–Crippen LogP) is 4.08. The largest absolute Gasteiger partial charge is 0.369 e. The van der Waals surface area contributed by atoms with E-state index in [0.29, 0.717) is 24.1 Å². The van der Waals surface area contributed by atoms with Crippen LogP contribution in [0.25, 0.3) is 0 Å². The second-order valence-corrected chi connectivity index (χ2v) is 7.99. The molecule has 0 radical (unpaired) electrons. The van der Waals surface area contributed by atoms with E-state index in [9.17, 15) is 13.6 Å². The molecule has 1 amide bonds. The van der Waals surface area contributed by atoms with Crippen molar-refractivity contribution >= 4 is 5.91 Å². The summed E-state index contributed by atoms with van der Waals surface area (Å²) in [6.07, 6.45) is 4.22. The molecule has 2 unspecified atom stereocenters. The molecule has 1 saturated heterocycles. The number of aryl methyl sites for hydroxylation is 1. The van der Waals surface area contributed by atoms with Crippen LogP contribution in [-0.4, -0.2) is 29.5 Å². The Balaban J connectivity index is 0.000000286. The molecule has 34 heavy (non-hydrogen) atoms. The molecule has 182 valence electrons. The zero-order valence-electron chi connectivity index (χ0n) is 20.0. The molecule has 2 atom stereocenters. The molecular weight excluding hydrogens is 434 g/mol. The van der Waals surface area contributed by atoms with Crippen LogP contribution in [0.15, 0.2) is 67.0 Å². The Hall–Kier alpha value is -3.16. The summed E-state index contributed by atoms with van der Waals surface area (Å²) in [5.41, 5.74) is 9.05. The number of benzene rings is 2. The molecular formula is C27H34F2N4O. The number of halogens is 2. The van der Waals surface area contributed by atoms with Crippen molar-refractivity contribution in [2.75, 3.05) is 6.54 Å². The lowest BCUT2D eigenvalue weighted by atomic mass is 10.1. The predicted molar refractivity (Wildman–Crippen MR) is 132 cm³/mol. The third-order valence-electron chi connectivity index (χ3n) is 5.06. The normalized spacial score (nSPS) is 15.9. The molecule has 0 saturated carbocycles. The van der Waals surface area contributed by atoms with Crippen molar-refractivity contribution in [2.24, 2.45) is 5.73 Å². The van der Waals surface area contributed by atoms with Gasteiger partial charge in [0.05, 0.1) is 6.42 Å². The van der Waals surface area contributed by atoms with Crippen LogP contribution in [0.4, 0.5) is 8.78 Å². The smallest absolute Gasteiger partial charge is 0.221 e. The molecule has 1 aliphatic rings. The Labute approximate surface area is 200 Å². The Bertz CT molecular complexity index is 1010. The van der Waals surface area contributed by atoms with E-state index in [1.165, 1.54) is 23.3 Å². The van der Waals surface area contributed by atoms with Crippen LogP contribution in [0.5, 0.6) is 0 Å². The first-order valence-corrected chi connectivity index (χ1v) is 11.5. The third-order valence-corrected chi connectivity index (χ3v) is 5.06. The average molecular weight is 469 g/mol. The number of nitrogens with zero attached hydrogens (tertiary/aromatic N) is 1. The van der Waals surface area contributed by atoms with E-state index in [1.807, 2.05) is 19.9 Å². The molecule has 1 aromatic heterocycles. The molecule has 4 rings (SSSR count). The molecule has 2 aromatic carbocycles. The summed E-state index contributed by atoms with van der Waals surface area (Å²) in [5.74, 6) is -1.34. The molecule has 5 nitrogen and oxygen atoms in total. The van der Waals surface area contributed by atoms with Crippen LogP contribution in [0.2, 0.25) is 0 Å². The number of aromatic nitrogens is 1. The van der Waals surface area contributed by atoms with E-state index in [-0.39, 0.29) is 12.3 Å². The van der Waals surface area contributed by atoms with Gasteiger partial charge in [0.15, 0.2) is 0 Å².